The van der Waals surface area contributed by atoms with Crippen molar-refractivity contribution in [3.63, 3.8) is 0 Å². The first-order valence-corrected chi connectivity index (χ1v) is 9.96. The van der Waals surface area contributed by atoms with Crippen LogP contribution in [0.4, 0.5) is 10.5 Å². The Morgan fingerprint density at radius 3 is 2.41 bits per heavy atom. The van der Waals surface area contributed by atoms with Gasteiger partial charge in [0.05, 0.1) is 7.11 Å². The van der Waals surface area contributed by atoms with E-state index in [9.17, 15) is 14.7 Å². The molecule has 0 fully saturated rings. The third-order valence-electron chi connectivity index (χ3n) is 4.12. The lowest BCUT2D eigenvalue weighted by atomic mass is 9.96. The van der Waals surface area contributed by atoms with Crippen LogP contribution in [-0.2, 0) is 9.53 Å². The number of carboxylic acids is 1. The molecule has 3 N–H and O–H groups in total. The summed E-state index contributed by atoms with van der Waals surface area (Å²) < 4.78 is 10.6. The predicted molar refractivity (Wildman–Crippen MR) is 112 cm³/mol. The van der Waals surface area contributed by atoms with Crippen LogP contribution < -0.4 is 10.1 Å². The van der Waals surface area contributed by atoms with Crippen molar-refractivity contribution in [3.05, 3.63) is 60.2 Å². The number of carboxylic acid groups (broad SMARTS) is 1. The third kappa shape index (κ3) is 6.46. The molecule has 0 aliphatic carbocycles. The Labute approximate surface area is 173 Å². The zero-order chi connectivity index (χ0) is 21.4. The molecule has 29 heavy (non-hydrogen) atoms. The van der Waals surface area contributed by atoms with Gasteiger partial charge in [0.25, 0.3) is 0 Å². The van der Waals surface area contributed by atoms with Crippen molar-refractivity contribution < 1.29 is 29.3 Å². The van der Waals surface area contributed by atoms with Crippen molar-refractivity contribution in [2.24, 2.45) is 5.92 Å². The van der Waals surface area contributed by atoms with Gasteiger partial charge in [0.15, 0.2) is 11.5 Å². The number of ether oxygens (including phenoxy) is 2. The monoisotopic (exact) mass is 417 g/mol. The number of carbonyl (C=O) groups is 2. The molecule has 8 heteroatoms. The number of phenolic OH excluding ortho intramolecular Hbond substituents is 1. The van der Waals surface area contributed by atoms with Crippen LogP contribution >= 0.6 is 11.8 Å². The highest BCUT2D eigenvalue weighted by Crippen LogP contribution is 2.34. The Hall–Kier alpha value is -3.13. The largest absolute Gasteiger partial charge is 0.504 e. The molecule has 0 spiro atoms. The van der Waals surface area contributed by atoms with Gasteiger partial charge in [-0.25, -0.2) is 9.59 Å². The Morgan fingerprint density at radius 1 is 1.17 bits per heavy atom. The lowest BCUT2D eigenvalue weighted by molar-refractivity contribution is -0.131. The molecule has 2 aromatic rings. The minimum absolute atomic E-state index is 0.110. The lowest BCUT2D eigenvalue weighted by Gasteiger charge is -2.23. The fraction of sp³-hybridized carbons (Fsp3) is 0.238. The van der Waals surface area contributed by atoms with Gasteiger partial charge in [-0.15, -0.1) is 11.8 Å². The van der Waals surface area contributed by atoms with E-state index in [1.807, 2.05) is 18.4 Å². The van der Waals surface area contributed by atoms with Gasteiger partial charge in [-0.2, -0.15) is 0 Å². The quantitative estimate of drug-likeness (QED) is 0.423. The van der Waals surface area contributed by atoms with Crippen LogP contribution in [-0.4, -0.2) is 35.6 Å². The van der Waals surface area contributed by atoms with Crippen molar-refractivity contribution in [1.29, 1.82) is 0 Å². The molecule has 2 atom stereocenters. The van der Waals surface area contributed by atoms with E-state index in [1.54, 1.807) is 43.0 Å². The van der Waals surface area contributed by atoms with Gasteiger partial charge in [-0.1, -0.05) is 19.1 Å². The maximum atomic E-state index is 12.4. The summed E-state index contributed by atoms with van der Waals surface area (Å²) in [6.45, 7) is 1.71. The van der Waals surface area contributed by atoms with Crippen LogP contribution in [0.5, 0.6) is 11.5 Å². The molecule has 2 rings (SSSR count). The number of methoxy groups -OCH3 is 1. The van der Waals surface area contributed by atoms with Crippen molar-refractivity contribution in [1.82, 2.24) is 0 Å². The molecule has 1 amide bonds. The number of carbonyl (C=O) groups excluding carboxylic acids is 1. The minimum atomic E-state index is -1.11. The Morgan fingerprint density at radius 2 is 1.86 bits per heavy atom. The average Bonchev–Trinajstić information content (AvgIpc) is 2.70. The van der Waals surface area contributed by atoms with Crippen LogP contribution in [0, 0.1) is 5.92 Å². The van der Waals surface area contributed by atoms with Crippen LogP contribution in [0.25, 0.3) is 0 Å². The summed E-state index contributed by atoms with van der Waals surface area (Å²) in [4.78, 5) is 24.3. The van der Waals surface area contributed by atoms with Crippen LogP contribution in [0.2, 0.25) is 0 Å². The minimum Gasteiger partial charge on any atom is -0.504 e. The maximum Gasteiger partial charge on any atom is 0.412 e. The highest BCUT2D eigenvalue weighted by atomic mass is 32.2. The number of aromatic hydroxyl groups is 1. The zero-order valence-corrected chi connectivity index (χ0v) is 17.1. The Kier molecular flexibility index (Phi) is 7.97. The summed E-state index contributed by atoms with van der Waals surface area (Å²) in [6, 6.07) is 11.9. The van der Waals surface area contributed by atoms with E-state index in [1.165, 1.54) is 19.3 Å². The van der Waals surface area contributed by atoms with Gasteiger partial charge in [-0.05, 0) is 48.2 Å². The Bertz CT molecular complexity index is 881. The molecule has 0 aliphatic heterocycles. The second-order valence-electron chi connectivity index (χ2n) is 6.17. The number of nitrogens with one attached hydrogen (secondary N) is 1. The second-order valence-corrected chi connectivity index (χ2v) is 7.05. The van der Waals surface area contributed by atoms with Crippen molar-refractivity contribution in [2.45, 2.75) is 17.9 Å². The van der Waals surface area contributed by atoms with Gasteiger partial charge in [0.2, 0.25) is 0 Å². The molecule has 2 aromatic carbocycles. The number of benzene rings is 2. The van der Waals surface area contributed by atoms with Crippen LogP contribution in [0.3, 0.4) is 0 Å². The first-order valence-electron chi connectivity index (χ1n) is 8.73. The summed E-state index contributed by atoms with van der Waals surface area (Å²) >= 11 is 1.59. The highest BCUT2D eigenvalue weighted by Gasteiger charge is 2.23. The van der Waals surface area contributed by atoms with E-state index in [0.29, 0.717) is 11.3 Å². The van der Waals surface area contributed by atoms with Crippen molar-refractivity contribution >= 4 is 29.5 Å². The van der Waals surface area contributed by atoms with Crippen molar-refractivity contribution in [3.8, 4) is 11.5 Å². The first-order chi connectivity index (χ1) is 13.8. The number of hydrogen-bond donors (Lipinski definition) is 3. The first kappa shape index (κ1) is 22.2. The van der Waals surface area contributed by atoms with Crippen LogP contribution in [0.15, 0.2) is 59.5 Å². The molecular formula is C21H23NO6S. The predicted octanol–water partition coefficient (Wildman–Crippen LogP) is 4.69. The SMILES string of the molecule is COc1ccc([C@@H](OC(=O)Nc2ccc(SC)cc2)[C@H](C)/C=C/C(=O)O)cc1O. The lowest BCUT2D eigenvalue weighted by Crippen LogP contribution is -2.21. The van der Waals surface area contributed by atoms with Gasteiger partial charge in [0, 0.05) is 22.6 Å². The molecule has 0 radical (unpaired) electrons. The van der Waals surface area contributed by atoms with Gasteiger partial charge in [-0.3, -0.25) is 5.32 Å². The third-order valence-corrected chi connectivity index (χ3v) is 4.87. The zero-order valence-electron chi connectivity index (χ0n) is 16.3. The Balaban J connectivity index is 2.22. The van der Waals surface area contributed by atoms with Crippen molar-refractivity contribution in [2.75, 3.05) is 18.7 Å². The molecule has 0 aliphatic rings. The van der Waals surface area contributed by atoms with Gasteiger partial charge in [0.1, 0.15) is 6.10 Å². The molecule has 0 unspecified atom stereocenters. The summed E-state index contributed by atoms with van der Waals surface area (Å²) in [7, 11) is 1.43. The molecule has 0 heterocycles. The standard InChI is InChI=1S/C21H23NO6S/c1-13(4-11-19(24)25)20(14-5-10-18(27-2)17(23)12-14)28-21(26)22-15-6-8-16(29-3)9-7-15/h4-13,20,23H,1-3H3,(H,22,26)(H,24,25)/b11-4+/t13-,20+/m1/s1. The van der Waals surface area contributed by atoms with Crippen LogP contribution in [0.1, 0.15) is 18.6 Å². The number of anilines is 1. The molecule has 0 saturated carbocycles. The molecule has 7 nitrogen and oxygen atoms in total. The average molecular weight is 417 g/mol. The van der Waals surface area contributed by atoms with E-state index < -0.39 is 24.1 Å². The fourth-order valence-electron chi connectivity index (χ4n) is 2.63. The van der Waals surface area contributed by atoms with E-state index in [2.05, 4.69) is 5.32 Å². The van der Waals surface area contributed by atoms with Gasteiger partial charge < -0.3 is 19.7 Å². The van der Waals surface area contributed by atoms with E-state index in [4.69, 9.17) is 14.6 Å². The molecule has 0 bridgehead atoms. The number of aliphatic carboxylic acids is 1. The molecule has 0 aromatic heterocycles. The number of hydrogen-bond acceptors (Lipinski definition) is 6. The smallest absolute Gasteiger partial charge is 0.412 e. The highest BCUT2D eigenvalue weighted by molar-refractivity contribution is 7.98. The summed E-state index contributed by atoms with van der Waals surface area (Å²) in [5.41, 5.74) is 1.07. The maximum absolute atomic E-state index is 12.4. The molecule has 0 saturated heterocycles. The summed E-state index contributed by atoms with van der Waals surface area (Å²) in [5, 5.41) is 21.6. The van der Waals surface area contributed by atoms with E-state index in [-0.39, 0.29) is 11.5 Å². The summed E-state index contributed by atoms with van der Waals surface area (Å²) in [6.07, 6.45) is 2.85. The summed E-state index contributed by atoms with van der Waals surface area (Å²) in [5.74, 6) is -1.41. The van der Waals surface area contributed by atoms with E-state index >= 15 is 0 Å². The number of amides is 1. The number of thioether (sulfide) groups is 1. The number of phenols is 1. The molecule has 154 valence electrons. The van der Waals surface area contributed by atoms with E-state index in [0.717, 1.165) is 11.0 Å². The normalized spacial score (nSPS) is 12.9. The second kappa shape index (κ2) is 10.4. The molecular weight excluding hydrogens is 394 g/mol. The topological polar surface area (TPSA) is 105 Å². The number of rotatable bonds is 8. The van der Waals surface area contributed by atoms with Gasteiger partial charge >= 0.3 is 12.1 Å². The fourth-order valence-corrected chi connectivity index (χ4v) is 3.04.